The first-order chi connectivity index (χ1) is 10.0. The lowest BCUT2D eigenvalue weighted by atomic mass is 10.4. The highest BCUT2D eigenvalue weighted by Gasteiger charge is 2.07. The van der Waals surface area contributed by atoms with Crippen molar-refractivity contribution in [2.75, 3.05) is 6.54 Å². The average molecular weight is 306 g/mol. The number of carbonyl (C=O) groups excluding carboxylic acids is 1. The zero-order valence-electron chi connectivity index (χ0n) is 11.3. The van der Waals surface area contributed by atoms with Gasteiger partial charge in [0.05, 0.1) is 12.7 Å². The van der Waals surface area contributed by atoms with Crippen molar-refractivity contribution in [2.45, 2.75) is 13.5 Å². The standard InChI is InChI=1S/C13H14N4O3S/c1-9-2-3-10(21-9)4-5-12(18)14-6-7-17-8-11(13(19)20)15-16-17/h2-5,8H,6-7H2,1H3,(H,14,18)(H,19,20). The molecule has 21 heavy (non-hydrogen) atoms. The van der Waals surface area contributed by atoms with Crippen LogP contribution in [0.25, 0.3) is 6.08 Å². The van der Waals surface area contributed by atoms with Crippen molar-refractivity contribution < 1.29 is 14.7 Å². The smallest absolute Gasteiger partial charge is 0.358 e. The Morgan fingerprint density at radius 3 is 2.90 bits per heavy atom. The zero-order chi connectivity index (χ0) is 15.2. The van der Waals surface area contributed by atoms with E-state index in [-0.39, 0.29) is 11.6 Å². The van der Waals surface area contributed by atoms with Gasteiger partial charge in [-0.05, 0) is 25.1 Å². The van der Waals surface area contributed by atoms with Gasteiger partial charge in [0.25, 0.3) is 0 Å². The van der Waals surface area contributed by atoms with Crippen molar-refractivity contribution in [3.05, 3.63) is 39.9 Å². The first-order valence-electron chi connectivity index (χ1n) is 6.20. The molecular weight excluding hydrogens is 292 g/mol. The Labute approximate surface area is 124 Å². The predicted molar refractivity (Wildman–Crippen MR) is 78.1 cm³/mol. The first-order valence-corrected chi connectivity index (χ1v) is 7.02. The number of carboxylic acids is 1. The number of amides is 1. The van der Waals surface area contributed by atoms with Crippen LogP contribution >= 0.6 is 11.3 Å². The van der Waals surface area contributed by atoms with Gasteiger partial charge in [0.2, 0.25) is 5.91 Å². The summed E-state index contributed by atoms with van der Waals surface area (Å²) in [5, 5.41) is 18.5. The summed E-state index contributed by atoms with van der Waals surface area (Å²) >= 11 is 1.61. The van der Waals surface area contributed by atoms with E-state index in [9.17, 15) is 9.59 Å². The molecule has 0 aromatic carbocycles. The molecule has 0 bridgehead atoms. The molecule has 2 aromatic heterocycles. The normalized spacial score (nSPS) is 10.9. The number of aromatic carboxylic acids is 1. The highest BCUT2D eigenvalue weighted by atomic mass is 32.1. The summed E-state index contributed by atoms with van der Waals surface area (Å²) in [7, 11) is 0. The first kappa shape index (κ1) is 14.9. The summed E-state index contributed by atoms with van der Waals surface area (Å²) < 4.78 is 1.37. The van der Waals surface area contributed by atoms with Crippen LogP contribution in [0, 0.1) is 6.92 Å². The summed E-state index contributed by atoms with van der Waals surface area (Å²) in [5.74, 6) is -1.33. The van der Waals surface area contributed by atoms with E-state index < -0.39 is 5.97 Å². The molecule has 0 atom stereocenters. The fourth-order valence-corrected chi connectivity index (χ4v) is 2.34. The second kappa shape index (κ2) is 6.80. The largest absolute Gasteiger partial charge is 0.476 e. The van der Waals surface area contributed by atoms with Crippen LogP contribution in [0.1, 0.15) is 20.2 Å². The number of rotatable bonds is 6. The van der Waals surface area contributed by atoms with Crippen LogP contribution in [0.5, 0.6) is 0 Å². The Morgan fingerprint density at radius 2 is 2.29 bits per heavy atom. The summed E-state index contributed by atoms with van der Waals surface area (Å²) in [5.41, 5.74) is -0.116. The maximum absolute atomic E-state index is 11.6. The van der Waals surface area contributed by atoms with Crippen LogP contribution in [-0.4, -0.2) is 38.5 Å². The van der Waals surface area contributed by atoms with E-state index >= 15 is 0 Å². The van der Waals surface area contributed by atoms with E-state index in [2.05, 4.69) is 15.6 Å². The van der Waals surface area contributed by atoms with Crippen molar-refractivity contribution >= 4 is 29.3 Å². The number of hydrogen-bond donors (Lipinski definition) is 2. The van der Waals surface area contributed by atoms with E-state index in [1.807, 2.05) is 19.1 Å². The monoisotopic (exact) mass is 306 g/mol. The van der Waals surface area contributed by atoms with Crippen LogP contribution in [0.3, 0.4) is 0 Å². The molecule has 0 saturated heterocycles. The molecule has 2 rings (SSSR count). The fourth-order valence-electron chi connectivity index (χ4n) is 1.56. The van der Waals surface area contributed by atoms with Crippen molar-refractivity contribution in [1.29, 1.82) is 0 Å². The topological polar surface area (TPSA) is 97.1 Å². The number of thiophene rings is 1. The molecule has 2 heterocycles. The molecule has 1 amide bonds. The number of aryl methyl sites for hydroxylation is 1. The van der Waals surface area contributed by atoms with Crippen LogP contribution in [0.15, 0.2) is 24.4 Å². The van der Waals surface area contributed by atoms with E-state index in [4.69, 9.17) is 5.11 Å². The molecule has 0 saturated carbocycles. The Bertz CT molecular complexity index is 675. The molecule has 7 nitrogen and oxygen atoms in total. The maximum atomic E-state index is 11.6. The Balaban J connectivity index is 1.76. The predicted octanol–water partition coefficient (Wildman–Crippen LogP) is 1.18. The second-order valence-corrected chi connectivity index (χ2v) is 5.56. The molecular formula is C13H14N4O3S. The highest BCUT2D eigenvalue weighted by Crippen LogP contribution is 2.16. The Kier molecular flexibility index (Phi) is 4.83. The van der Waals surface area contributed by atoms with Gasteiger partial charge < -0.3 is 10.4 Å². The molecule has 0 spiro atoms. The lowest BCUT2D eigenvalue weighted by Crippen LogP contribution is -2.25. The van der Waals surface area contributed by atoms with Crippen LogP contribution in [0.4, 0.5) is 0 Å². The molecule has 0 unspecified atom stereocenters. The lowest BCUT2D eigenvalue weighted by Gasteiger charge is -2.01. The van der Waals surface area contributed by atoms with Gasteiger partial charge in [0, 0.05) is 22.4 Å². The van der Waals surface area contributed by atoms with Crippen molar-refractivity contribution in [1.82, 2.24) is 20.3 Å². The number of nitrogens with one attached hydrogen (secondary N) is 1. The zero-order valence-corrected chi connectivity index (χ0v) is 12.1. The number of nitrogens with zero attached hydrogens (tertiary/aromatic N) is 3. The fraction of sp³-hybridized carbons (Fsp3) is 0.231. The minimum atomic E-state index is -1.13. The number of hydrogen-bond acceptors (Lipinski definition) is 5. The molecule has 0 aliphatic carbocycles. The minimum absolute atomic E-state index is 0.116. The second-order valence-electron chi connectivity index (χ2n) is 4.24. The molecule has 0 aliphatic rings. The maximum Gasteiger partial charge on any atom is 0.358 e. The Morgan fingerprint density at radius 1 is 1.48 bits per heavy atom. The van der Waals surface area contributed by atoms with Gasteiger partial charge in [0.1, 0.15) is 0 Å². The van der Waals surface area contributed by atoms with Gasteiger partial charge in [-0.25, -0.2) is 9.48 Å². The average Bonchev–Trinajstić information content (AvgIpc) is 3.05. The third kappa shape index (κ3) is 4.53. The summed E-state index contributed by atoms with van der Waals surface area (Å²) in [6.45, 7) is 2.71. The van der Waals surface area contributed by atoms with Crippen LogP contribution < -0.4 is 5.32 Å². The van der Waals surface area contributed by atoms with Gasteiger partial charge in [-0.15, -0.1) is 16.4 Å². The van der Waals surface area contributed by atoms with E-state index in [1.54, 1.807) is 17.4 Å². The van der Waals surface area contributed by atoms with Gasteiger partial charge in [-0.3, -0.25) is 4.79 Å². The molecule has 0 aliphatic heterocycles. The lowest BCUT2D eigenvalue weighted by molar-refractivity contribution is -0.116. The van der Waals surface area contributed by atoms with Gasteiger partial charge >= 0.3 is 5.97 Å². The van der Waals surface area contributed by atoms with Gasteiger partial charge in [0.15, 0.2) is 5.69 Å². The highest BCUT2D eigenvalue weighted by molar-refractivity contribution is 7.12. The summed E-state index contributed by atoms with van der Waals surface area (Å²) in [6, 6.07) is 3.94. The molecule has 0 fully saturated rings. The molecule has 0 radical (unpaired) electrons. The quantitative estimate of drug-likeness (QED) is 0.781. The third-order valence-electron chi connectivity index (χ3n) is 2.56. The van der Waals surface area contributed by atoms with Crippen LogP contribution in [-0.2, 0) is 11.3 Å². The molecule has 8 heteroatoms. The number of aromatic nitrogens is 3. The Hall–Kier alpha value is -2.48. The van der Waals surface area contributed by atoms with E-state index in [0.29, 0.717) is 13.1 Å². The molecule has 2 aromatic rings. The summed E-state index contributed by atoms with van der Waals surface area (Å²) in [4.78, 5) is 24.4. The molecule has 2 N–H and O–H groups in total. The third-order valence-corrected chi connectivity index (χ3v) is 3.52. The van der Waals surface area contributed by atoms with Gasteiger partial charge in [-0.1, -0.05) is 5.21 Å². The number of carbonyl (C=O) groups is 2. The van der Waals surface area contributed by atoms with E-state index in [0.717, 1.165) is 4.88 Å². The van der Waals surface area contributed by atoms with Crippen molar-refractivity contribution in [3.8, 4) is 0 Å². The summed E-state index contributed by atoms with van der Waals surface area (Å²) in [6.07, 6.45) is 4.54. The van der Waals surface area contributed by atoms with Gasteiger partial charge in [-0.2, -0.15) is 0 Å². The van der Waals surface area contributed by atoms with Crippen molar-refractivity contribution in [3.63, 3.8) is 0 Å². The SMILES string of the molecule is Cc1ccc(C=CC(=O)NCCn2cc(C(=O)O)nn2)s1. The number of carboxylic acid groups (broad SMARTS) is 1. The minimum Gasteiger partial charge on any atom is -0.476 e. The molecule has 110 valence electrons. The van der Waals surface area contributed by atoms with E-state index in [1.165, 1.54) is 21.8 Å². The van der Waals surface area contributed by atoms with Crippen molar-refractivity contribution in [2.24, 2.45) is 0 Å². The van der Waals surface area contributed by atoms with Crippen LogP contribution in [0.2, 0.25) is 0 Å².